The molecule has 2 radical (unpaired) electrons. The van der Waals surface area contributed by atoms with E-state index in [-0.39, 0.29) is 24.4 Å². The molecule has 0 saturated carbocycles. The fraction of sp³-hybridized carbons (Fsp3) is 1.00. The summed E-state index contributed by atoms with van der Waals surface area (Å²) in [6.07, 6.45) is 1.39. The molecule has 0 bridgehead atoms. The van der Waals surface area contributed by atoms with Gasteiger partial charge < -0.3 is 23.7 Å². The van der Waals surface area contributed by atoms with Gasteiger partial charge in [-0.1, -0.05) is 13.3 Å². The Labute approximate surface area is 117 Å². The number of ether oxygens (including phenoxy) is 5. The molecule has 1 fully saturated rings. The lowest BCUT2D eigenvalue weighted by molar-refractivity contribution is -0.0802. The van der Waals surface area contributed by atoms with E-state index < -0.39 is 6.00 Å². The molecule has 110 valence electrons. The van der Waals surface area contributed by atoms with Crippen LogP contribution in [0.2, 0.25) is 0 Å². The first kappa shape index (κ1) is 16.9. The molecule has 6 heteroatoms. The lowest BCUT2D eigenvalue weighted by Crippen LogP contribution is -2.40. The van der Waals surface area contributed by atoms with Gasteiger partial charge in [0, 0.05) is 27.3 Å². The molecular formula is C13H25BO5. The topological polar surface area (TPSA) is 46.2 Å². The molecule has 1 rings (SSSR count). The predicted octanol–water partition coefficient (Wildman–Crippen LogP) is 0.741. The second-order valence-electron chi connectivity index (χ2n) is 4.74. The highest BCUT2D eigenvalue weighted by Crippen LogP contribution is 2.25. The van der Waals surface area contributed by atoms with Crippen molar-refractivity contribution in [3.63, 3.8) is 0 Å². The van der Waals surface area contributed by atoms with Gasteiger partial charge in [-0.2, -0.15) is 0 Å². The molecule has 5 atom stereocenters. The normalized spacial score (nSPS) is 32.6. The van der Waals surface area contributed by atoms with Crippen molar-refractivity contribution < 1.29 is 23.7 Å². The number of rotatable bonds is 9. The van der Waals surface area contributed by atoms with Gasteiger partial charge in [-0.25, -0.2) is 0 Å². The monoisotopic (exact) mass is 272 g/mol. The van der Waals surface area contributed by atoms with E-state index in [0.717, 1.165) is 12.8 Å². The fourth-order valence-electron chi connectivity index (χ4n) is 2.34. The molecular weight excluding hydrogens is 247 g/mol. The maximum Gasteiger partial charge on any atom is 0.113 e. The molecule has 5 nitrogen and oxygen atoms in total. The first-order valence-electron chi connectivity index (χ1n) is 6.75. The third-order valence-corrected chi connectivity index (χ3v) is 3.37. The van der Waals surface area contributed by atoms with Crippen LogP contribution in [0.25, 0.3) is 0 Å². The van der Waals surface area contributed by atoms with Crippen LogP contribution < -0.4 is 0 Å². The largest absolute Gasteiger partial charge is 0.382 e. The van der Waals surface area contributed by atoms with Crippen molar-refractivity contribution in [1.82, 2.24) is 0 Å². The summed E-state index contributed by atoms with van der Waals surface area (Å²) in [4.78, 5) is 0. The quantitative estimate of drug-likeness (QED) is 0.579. The van der Waals surface area contributed by atoms with Crippen molar-refractivity contribution in [3.8, 4) is 0 Å². The lowest BCUT2D eigenvalue weighted by Gasteiger charge is -2.24. The Morgan fingerprint density at radius 3 is 2.47 bits per heavy atom. The second-order valence-corrected chi connectivity index (χ2v) is 4.74. The van der Waals surface area contributed by atoms with Gasteiger partial charge in [0.2, 0.25) is 0 Å². The predicted molar refractivity (Wildman–Crippen MR) is 72.5 cm³/mol. The maximum absolute atomic E-state index is 5.94. The summed E-state index contributed by atoms with van der Waals surface area (Å²) in [5.41, 5.74) is 0. The van der Waals surface area contributed by atoms with Crippen LogP contribution in [0, 0.1) is 0 Å². The Morgan fingerprint density at radius 1 is 1.21 bits per heavy atom. The lowest BCUT2D eigenvalue weighted by atomic mass is 9.92. The molecule has 0 amide bonds. The first-order chi connectivity index (χ1) is 9.17. The van der Waals surface area contributed by atoms with Gasteiger partial charge >= 0.3 is 0 Å². The summed E-state index contributed by atoms with van der Waals surface area (Å²) in [5, 5.41) is 0. The van der Waals surface area contributed by atoms with Crippen LogP contribution in [-0.4, -0.2) is 72.8 Å². The highest BCUT2D eigenvalue weighted by atomic mass is 16.6. The van der Waals surface area contributed by atoms with Gasteiger partial charge in [-0.3, -0.25) is 0 Å². The Bertz CT molecular complexity index is 241. The summed E-state index contributed by atoms with van der Waals surface area (Å²) in [6.45, 7) is 3.05. The molecule has 1 heterocycles. The van der Waals surface area contributed by atoms with Crippen molar-refractivity contribution in [2.45, 2.75) is 50.2 Å². The minimum absolute atomic E-state index is 0.0798. The average molecular weight is 272 g/mol. The molecule has 1 aliphatic heterocycles. The van der Waals surface area contributed by atoms with E-state index in [1.165, 1.54) is 0 Å². The molecule has 1 saturated heterocycles. The van der Waals surface area contributed by atoms with Gasteiger partial charge in [-0.15, -0.1) is 0 Å². The molecule has 1 aliphatic rings. The van der Waals surface area contributed by atoms with Crippen molar-refractivity contribution in [3.05, 3.63) is 0 Å². The molecule has 0 aliphatic carbocycles. The zero-order chi connectivity index (χ0) is 14.3. The van der Waals surface area contributed by atoms with Gasteiger partial charge in [0.05, 0.1) is 19.3 Å². The molecule has 0 N–H and O–H groups in total. The van der Waals surface area contributed by atoms with Crippen LogP contribution in [0.15, 0.2) is 0 Å². The van der Waals surface area contributed by atoms with Crippen LogP contribution in [0.1, 0.15) is 19.8 Å². The van der Waals surface area contributed by atoms with Gasteiger partial charge in [0.1, 0.15) is 26.2 Å². The minimum Gasteiger partial charge on any atom is -0.382 e. The van der Waals surface area contributed by atoms with E-state index in [2.05, 4.69) is 6.92 Å². The maximum atomic E-state index is 5.94. The Balaban J connectivity index is 2.50. The van der Waals surface area contributed by atoms with Crippen molar-refractivity contribution >= 4 is 7.85 Å². The molecule has 0 aromatic carbocycles. The SMILES string of the molecule is [B][C@@H]1O[C@H](COC)C(OC)[C@@H]1OC[C@@H](CCC)OC. The van der Waals surface area contributed by atoms with Crippen LogP contribution in [0.3, 0.4) is 0 Å². The zero-order valence-corrected chi connectivity index (χ0v) is 12.3. The van der Waals surface area contributed by atoms with Gasteiger partial charge in [-0.05, 0) is 6.42 Å². The molecule has 0 aromatic heterocycles. The second kappa shape index (κ2) is 8.92. The Hall–Kier alpha value is -0.135. The van der Waals surface area contributed by atoms with E-state index in [4.69, 9.17) is 31.5 Å². The molecule has 0 aromatic rings. The van der Waals surface area contributed by atoms with Crippen LogP contribution in [0.4, 0.5) is 0 Å². The highest BCUT2D eigenvalue weighted by Gasteiger charge is 2.43. The Morgan fingerprint density at radius 2 is 1.95 bits per heavy atom. The minimum atomic E-state index is -0.496. The third kappa shape index (κ3) is 4.72. The zero-order valence-electron chi connectivity index (χ0n) is 12.3. The summed E-state index contributed by atoms with van der Waals surface area (Å²) >= 11 is 0. The van der Waals surface area contributed by atoms with E-state index >= 15 is 0 Å². The van der Waals surface area contributed by atoms with E-state index in [9.17, 15) is 0 Å². The fourth-order valence-corrected chi connectivity index (χ4v) is 2.34. The van der Waals surface area contributed by atoms with Crippen LogP contribution in [0.5, 0.6) is 0 Å². The summed E-state index contributed by atoms with van der Waals surface area (Å²) in [7, 11) is 10.9. The van der Waals surface area contributed by atoms with Gasteiger partial charge in [0.15, 0.2) is 0 Å². The number of hydrogen-bond acceptors (Lipinski definition) is 5. The number of methoxy groups -OCH3 is 3. The summed E-state index contributed by atoms with van der Waals surface area (Å²) in [6, 6.07) is -0.496. The van der Waals surface area contributed by atoms with Crippen LogP contribution >= 0.6 is 0 Å². The first-order valence-corrected chi connectivity index (χ1v) is 6.75. The molecule has 1 unspecified atom stereocenters. The van der Waals surface area contributed by atoms with E-state index in [1.54, 1.807) is 21.3 Å². The number of hydrogen-bond donors (Lipinski definition) is 0. The molecule has 19 heavy (non-hydrogen) atoms. The van der Waals surface area contributed by atoms with Crippen molar-refractivity contribution in [2.75, 3.05) is 34.5 Å². The average Bonchev–Trinajstić information content (AvgIpc) is 2.70. The third-order valence-electron chi connectivity index (χ3n) is 3.37. The van der Waals surface area contributed by atoms with E-state index in [1.807, 2.05) is 0 Å². The van der Waals surface area contributed by atoms with Crippen molar-refractivity contribution in [2.24, 2.45) is 0 Å². The van der Waals surface area contributed by atoms with E-state index in [0.29, 0.717) is 13.2 Å². The molecule has 0 spiro atoms. The summed E-state index contributed by atoms with van der Waals surface area (Å²) < 4.78 is 27.3. The Kier molecular flexibility index (Phi) is 7.94. The van der Waals surface area contributed by atoms with Crippen molar-refractivity contribution in [1.29, 1.82) is 0 Å². The van der Waals surface area contributed by atoms with Crippen LogP contribution in [-0.2, 0) is 23.7 Å². The standard InChI is InChI=1S/C13H25BO5/c1-5-6-9(16-3)7-18-12-11(17-4)10(8-15-2)19-13(12)14/h9-13H,5-8H2,1-4H3/t9-,10-,11?,12+,13-/m1/s1. The van der Waals surface area contributed by atoms with Gasteiger partial charge in [0.25, 0.3) is 0 Å². The highest BCUT2D eigenvalue weighted by molar-refractivity contribution is 6.11. The summed E-state index contributed by atoms with van der Waals surface area (Å²) in [5.74, 6) is 0. The smallest absolute Gasteiger partial charge is 0.113 e.